The van der Waals surface area contributed by atoms with Crippen molar-refractivity contribution in [2.45, 2.75) is 50.7 Å². The van der Waals surface area contributed by atoms with Crippen molar-refractivity contribution in [3.8, 4) is 5.75 Å². The molecule has 1 spiro atoms. The number of halogens is 1. The van der Waals surface area contributed by atoms with Gasteiger partial charge in [-0.05, 0) is 86.4 Å². The van der Waals surface area contributed by atoms with Gasteiger partial charge in [-0.25, -0.2) is 18.6 Å². The molecular formula is C39H39ClN2O5. The van der Waals surface area contributed by atoms with Crippen LogP contribution in [0.5, 0.6) is 5.75 Å². The summed E-state index contributed by atoms with van der Waals surface area (Å²) in [6.07, 6.45) is 9.93. The maximum atomic E-state index is 8.49. The average Bonchev–Trinajstić information content (AvgIpc) is 3.32. The van der Waals surface area contributed by atoms with E-state index in [0.717, 1.165) is 17.7 Å². The van der Waals surface area contributed by atoms with E-state index >= 15 is 0 Å². The van der Waals surface area contributed by atoms with Crippen molar-refractivity contribution in [1.82, 2.24) is 0 Å². The molecule has 3 aliphatic rings. The summed E-state index contributed by atoms with van der Waals surface area (Å²) in [5.41, 5.74) is 10.4. The zero-order valence-corrected chi connectivity index (χ0v) is 28.2. The predicted molar refractivity (Wildman–Crippen MR) is 175 cm³/mol. The molecule has 3 aliphatic heterocycles. The Balaban J connectivity index is 0.000000720. The minimum Gasteiger partial charge on any atom is -0.462 e. The molecule has 242 valence electrons. The SMILES string of the molecule is CN1c2ccccc2C(C)(C)C12C=Cc1cc(/C=C/C3=[N+](C)c4ccccc4C3(C)C)cc(Cc3ccccc3)c1O2.[O-][Cl+3]([O-])([O-])[O-]. The highest BCUT2D eigenvalue weighted by atomic mass is 35.7. The van der Waals surface area contributed by atoms with Crippen molar-refractivity contribution in [3.05, 3.63) is 137 Å². The summed E-state index contributed by atoms with van der Waals surface area (Å²) in [6.45, 7) is 9.23. The monoisotopic (exact) mass is 650 g/mol. The van der Waals surface area contributed by atoms with E-state index < -0.39 is 16.0 Å². The molecule has 1 unspecified atom stereocenters. The van der Waals surface area contributed by atoms with Gasteiger partial charge in [0.2, 0.25) is 11.4 Å². The fraction of sp³-hybridized carbons (Fsp3) is 0.256. The summed E-state index contributed by atoms with van der Waals surface area (Å²) in [6, 6.07) is 32.7. The Hall–Kier alpha value is -4.24. The van der Waals surface area contributed by atoms with E-state index in [1.54, 1.807) is 0 Å². The van der Waals surface area contributed by atoms with E-state index in [0.29, 0.717) is 0 Å². The van der Waals surface area contributed by atoms with Crippen LogP contribution in [0.4, 0.5) is 11.4 Å². The van der Waals surface area contributed by atoms with E-state index in [9.17, 15) is 0 Å². The zero-order chi connectivity index (χ0) is 33.8. The van der Waals surface area contributed by atoms with Gasteiger partial charge >= 0.3 is 0 Å². The number of hydrogen-bond donors (Lipinski definition) is 0. The molecule has 0 fully saturated rings. The van der Waals surface area contributed by atoms with Gasteiger partial charge in [0, 0.05) is 42.4 Å². The van der Waals surface area contributed by atoms with E-state index in [1.807, 2.05) is 0 Å². The maximum absolute atomic E-state index is 8.49. The van der Waals surface area contributed by atoms with Gasteiger partial charge in [-0.3, -0.25) is 0 Å². The first kappa shape index (κ1) is 32.7. The van der Waals surface area contributed by atoms with Crippen LogP contribution in [0.25, 0.3) is 12.2 Å². The third-order valence-electron chi connectivity index (χ3n) is 9.91. The van der Waals surface area contributed by atoms with Gasteiger partial charge < -0.3 is 9.64 Å². The average molecular weight is 651 g/mol. The molecular weight excluding hydrogens is 612 g/mol. The molecule has 4 aromatic carbocycles. The van der Waals surface area contributed by atoms with Crippen LogP contribution < -0.4 is 28.3 Å². The molecule has 0 radical (unpaired) electrons. The molecule has 0 aromatic heterocycles. The Morgan fingerprint density at radius 3 is 2.09 bits per heavy atom. The summed E-state index contributed by atoms with van der Waals surface area (Å²) >= 11 is 0. The number of ether oxygens (including phenoxy) is 1. The van der Waals surface area contributed by atoms with Crippen molar-refractivity contribution in [2.75, 3.05) is 19.0 Å². The van der Waals surface area contributed by atoms with Gasteiger partial charge in [-0.2, -0.15) is 4.58 Å². The molecule has 0 N–H and O–H groups in total. The standard InChI is InChI=1S/C39H39N2O.ClHO4/c1-37(2)31-16-10-12-18-33(31)40(5)35(37)21-20-28-25-29-22-23-39(38(3,4)32-17-11-13-19-34(32)41(39)6)42-36(29)30(26-28)24-27-14-8-7-9-15-27;2-1(3,4)5/h7-23,25-26H,24H2,1-6H3;(H,2,3,4,5)/q+1;/p-1/b21-20+;. The van der Waals surface area contributed by atoms with Gasteiger partial charge in [0.1, 0.15) is 12.8 Å². The molecule has 0 bridgehead atoms. The molecule has 7 rings (SSSR count). The normalized spacial score (nSPS) is 20.1. The second-order valence-corrected chi connectivity index (χ2v) is 14.1. The topological polar surface area (TPSA) is 108 Å². The lowest BCUT2D eigenvalue weighted by atomic mass is 9.76. The number of benzene rings is 4. The number of likely N-dealkylation sites (N-methyl/N-ethyl adjacent to an activating group) is 1. The number of allylic oxidation sites excluding steroid dienone is 1. The molecule has 0 saturated carbocycles. The van der Waals surface area contributed by atoms with Gasteiger partial charge in [-0.1, -0.05) is 66.7 Å². The smallest absolute Gasteiger partial charge is 0.211 e. The van der Waals surface area contributed by atoms with Crippen molar-refractivity contribution < 1.29 is 38.2 Å². The summed E-state index contributed by atoms with van der Waals surface area (Å²) in [7, 11) is -0.610. The third kappa shape index (κ3) is 5.79. The van der Waals surface area contributed by atoms with E-state index in [1.165, 1.54) is 44.9 Å². The summed E-state index contributed by atoms with van der Waals surface area (Å²) in [5, 5.41) is 0. The van der Waals surface area contributed by atoms with Crippen LogP contribution in [0.15, 0.2) is 103 Å². The highest BCUT2D eigenvalue weighted by Gasteiger charge is 2.57. The molecule has 0 aliphatic carbocycles. The maximum Gasteiger partial charge on any atom is 0.211 e. The predicted octanol–water partition coefficient (Wildman–Crippen LogP) is 3.77. The van der Waals surface area contributed by atoms with Crippen LogP contribution in [-0.4, -0.2) is 30.1 Å². The summed E-state index contributed by atoms with van der Waals surface area (Å²) in [4.78, 5) is 2.31. The van der Waals surface area contributed by atoms with Gasteiger partial charge in [0.05, 0.1) is 10.8 Å². The molecule has 7 nitrogen and oxygen atoms in total. The van der Waals surface area contributed by atoms with Crippen LogP contribution in [0, 0.1) is 10.2 Å². The van der Waals surface area contributed by atoms with Crippen molar-refractivity contribution in [2.24, 2.45) is 0 Å². The lowest BCUT2D eigenvalue weighted by Crippen LogP contribution is -2.68. The van der Waals surface area contributed by atoms with Crippen LogP contribution in [0.1, 0.15) is 61.1 Å². The van der Waals surface area contributed by atoms with Crippen LogP contribution in [0.2, 0.25) is 0 Å². The molecule has 4 aromatic rings. The molecule has 8 heteroatoms. The van der Waals surface area contributed by atoms with Crippen molar-refractivity contribution >= 4 is 29.2 Å². The van der Waals surface area contributed by atoms with Crippen LogP contribution >= 0.6 is 0 Å². The minimum atomic E-state index is -4.94. The van der Waals surface area contributed by atoms with Crippen molar-refractivity contribution in [3.63, 3.8) is 0 Å². The fourth-order valence-corrected chi connectivity index (χ4v) is 7.50. The molecule has 0 saturated heterocycles. The second kappa shape index (κ2) is 11.8. The summed E-state index contributed by atoms with van der Waals surface area (Å²) < 4.78 is 43.5. The highest BCUT2D eigenvalue weighted by molar-refractivity contribution is 6.05. The quantitative estimate of drug-likeness (QED) is 0.311. The Labute approximate surface area is 278 Å². The lowest BCUT2D eigenvalue weighted by molar-refractivity contribution is -2.00. The number of nitrogens with zero attached hydrogens (tertiary/aromatic N) is 2. The number of rotatable bonds is 4. The van der Waals surface area contributed by atoms with Gasteiger partial charge in [0.15, 0.2) is 5.71 Å². The van der Waals surface area contributed by atoms with E-state index in [4.69, 9.17) is 23.4 Å². The molecule has 3 heterocycles. The summed E-state index contributed by atoms with van der Waals surface area (Å²) in [5.74, 6) is 0.976. The van der Waals surface area contributed by atoms with Crippen LogP contribution in [-0.2, 0) is 17.3 Å². The fourth-order valence-electron chi connectivity index (χ4n) is 7.50. The first-order valence-corrected chi connectivity index (χ1v) is 16.8. The lowest BCUT2D eigenvalue weighted by Gasteiger charge is -2.46. The molecule has 1 atom stereocenters. The number of para-hydroxylation sites is 2. The Morgan fingerprint density at radius 1 is 0.809 bits per heavy atom. The Bertz CT molecular complexity index is 1920. The van der Waals surface area contributed by atoms with Crippen LogP contribution in [0.3, 0.4) is 0 Å². The minimum absolute atomic E-state index is 0.0635. The number of fused-ring (bicyclic) bond motifs is 3. The van der Waals surface area contributed by atoms with Crippen molar-refractivity contribution in [1.29, 1.82) is 0 Å². The Morgan fingerprint density at radius 2 is 1.43 bits per heavy atom. The zero-order valence-electron chi connectivity index (χ0n) is 27.5. The van der Waals surface area contributed by atoms with E-state index in [-0.39, 0.29) is 10.8 Å². The molecule has 47 heavy (non-hydrogen) atoms. The number of anilines is 1. The van der Waals surface area contributed by atoms with Gasteiger partial charge in [0.25, 0.3) is 0 Å². The van der Waals surface area contributed by atoms with E-state index in [2.05, 4.69) is 167 Å². The number of hydrogen-bond acceptors (Lipinski definition) is 6. The third-order valence-corrected chi connectivity index (χ3v) is 9.91. The largest absolute Gasteiger partial charge is 0.462 e. The first-order chi connectivity index (χ1) is 22.1. The highest BCUT2D eigenvalue weighted by Crippen LogP contribution is 2.54. The van der Waals surface area contributed by atoms with Gasteiger partial charge in [-0.15, -0.1) is 10.2 Å². The first-order valence-electron chi connectivity index (χ1n) is 15.6. The molecule has 0 amide bonds. The second-order valence-electron chi connectivity index (χ2n) is 13.4. The Kier molecular flexibility index (Phi) is 8.19.